The highest BCUT2D eigenvalue weighted by atomic mass is 15.3. The molecule has 1 atom stereocenters. The molecule has 0 radical (unpaired) electrons. The number of nitrogens with zero attached hydrogens (tertiary/aromatic N) is 2. The monoisotopic (exact) mass is 285 g/mol. The van der Waals surface area contributed by atoms with Crippen LogP contribution in [0.2, 0.25) is 0 Å². The van der Waals surface area contributed by atoms with Gasteiger partial charge in [0.25, 0.3) is 0 Å². The number of benzene rings is 1. The van der Waals surface area contributed by atoms with E-state index in [-0.39, 0.29) is 6.04 Å². The molecule has 2 rings (SSSR count). The van der Waals surface area contributed by atoms with Crippen molar-refractivity contribution in [3.8, 4) is 0 Å². The quantitative estimate of drug-likeness (QED) is 0.848. The molecule has 0 amide bonds. The molecule has 2 aromatic rings. The molecule has 0 aliphatic heterocycles. The maximum atomic E-state index is 6.27. The van der Waals surface area contributed by atoms with Gasteiger partial charge in [0.15, 0.2) is 0 Å². The predicted octanol–water partition coefficient (Wildman–Crippen LogP) is 3.32. The molecule has 1 unspecified atom stereocenters. The zero-order chi connectivity index (χ0) is 15.2. The van der Waals surface area contributed by atoms with Crippen molar-refractivity contribution in [1.29, 1.82) is 0 Å². The van der Waals surface area contributed by atoms with Crippen LogP contribution in [0.15, 0.2) is 30.3 Å². The Morgan fingerprint density at radius 1 is 1.10 bits per heavy atom. The van der Waals surface area contributed by atoms with Crippen LogP contribution in [-0.4, -0.2) is 15.8 Å². The van der Waals surface area contributed by atoms with E-state index in [0.717, 1.165) is 37.8 Å². The van der Waals surface area contributed by atoms with Crippen LogP contribution in [0, 0.1) is 13.8 Å². The van der Waals surface area contributed by atoms with Gasteiger partial charge in [0.1, 0.15) is 0 Å². The molecule has 3 nitrogen and oxygen atoms in total. The summed E-state index contributed by atoms with van der Waals surface area (Å²) in [6.45, 7) is 4.22. The van der Waals surface area contributed by atoms with Gasteiger partial charge in [0, 0.05) is 18.8 Å². The van der Waals surface area contributed by atoms with Gasteiger partial charge >= 0.3 is 0 Å². The SMILES string of the molecule is Cc1nn(C)c(C)c1CCC(N)CCCc1ccccc1. The first kappa shape index (κ1) is 15.8. The Hall–Kier alpha value is -1.61. The van der Waals surface area contributed by atoms with E-state index in [9.17, 15) is 0 Å². The zero-order valence-corrected chi connectivity index (χ0v) is 13.5. The molecule has 1 aromatic carbocycles. The minimum absolute atomic E-state index is 0.285. The van der Waals surface area contributed by atoms with E-state index in [1.165, 1.54) is 16.8 Å². The van der Waals surface area contributed by atoms with Crippen molar-refractivity contribution in [2.45, 2.75) is 52.0 Å². The molecule has 1 aromatic heterocycles. The van der Waals surface area contributed by atoms with Crippen LogP contribution in [0.25, 0.3) is 0 Å². The Morgan fingerprint density at radius 2 is 1.81 bits per heavy atom. The van der Waals surface area contributed by atoms with Gasteiger partial charge in [-0.15, -0.1) is 0 Å². The standard InChI is InChI=1S/C18H27N3/c1-14-18(15(2)21(3)20-14)13-12-17(19)11-7-10-16-8-5-4-6-9-16/h4-6,8-9,17H,7,10-13,19H2,1-3H3. The highest BCUT2D eigenvalue weighted by Crippen LogP contribution is 2.16. The molecule has 0 aliphatic carbocycles. The summed E-state index contributed by atoms with van der Waals surface area (Å²) in [6, 6.07) is 10.9. The molecule has 0 bridgehead atoms. The van der Waals surface area contributed by atoms with Gasteiger partial charge in [-0.2, -0.15) is 5.10 Å². The molecule has 0 saturated carbocycles. The van der Waals surface area contributed by atoms with Crippen molar-refractivity contribution in [2.24, 2.45) is 12.8 Å². The van der Waals surface area contributed by atoms with Crippen molar-refractivity contribution in [3.63, 3.8) is 0 Å². The largest absolute Gasteiger partial charge is 0.328 e. The van der Waals surface area contributed by atoms with Gasteiger partial charge in [-0.3, -0.25) is 4.68 Å². The fourth-order valence-electron chi connectivity index (χ4n) is 2.87. The first-order chi connectivity index (χ1) is 10.1. The van der Waals surface area contributed by atoms with E-state index < -0.39 is 0 Å². The Morgan fingerprint density at radius 3 is 2.43 bits per heavy atom. The van der Waals surface area contributed by atoms with Gasteiger partial charge in [-0.1, -0.05) is 30.3 Å². The summed E-state index contributed by atoms with van der Waals surface area (Å²) in [6.07, 6.45) is 5.46. The first-order valence-corrected chi connectivity index (χ1v) is 7.86. The van der Waals surface area contributed by atoms with Gasteiger partial charge < -0.3 is 5.73 Å². The maximum Gasteiger partial charge on any atom is 0.0628 e. The van der Waals surface area contributed by atoms with Crippen molar-refractivity contribution in [2.75, 3.05) is 0 Å². The Balaban J connectivity index is 1.73. The summed E-state index contributed by atoms with van der Waals surface area (Å²) >= 11 is 0. The summed E-state index contributed by atoms with van der Waals surface area (Å²) in [5.74, 6) is 0. The van der Waals surface area contributed by atoms with Crippen molar-refractivity contribution >= 4 is 0 Å². The minimum atomic E-state index is 0.285. The van der Waals surface area contributed by atoms with Crippen LogP contribution < -0.4 is 5.73 Å². The Kier molecular flexibility index (Phi) is 5.57. The lowest BCUT2D eigenvalue weighted by Crippen LogP contribution is -2.21. The molecule has 1 heterocycles. The summed E-state index contributed by atoms with van der Waals surface area (Å²) in [5, 5.41) is 4.47. The summed E-state index contributed by atoms with van der Waals surface area (Å²) in [7, 11) is 2.01. The van der Waals surface area contributed by atoms with Crippen LogP contribution in [0.3, 0.4) is 0 Å². The molecule has 0 fully saturated rings. The number of aromatic nitrogens is 2. The summed E-state index contributed by atoms with van der Waals surface area (Å²) < 4.78 is 1.96. The fourth-order valence-corrected chi connectivity index (χ4v) is 2.87. The molecule has 0 saturated heterocycles. The number of nitrogens with two attached hydrogens (primary N) is 1. The molecular formula is C18H27N3. The third-order valence-electron chi connectivity index (χ3n) is 4.31. The summed E-state index contributed by atoms with van der Waals surface area (Å²) in [4.78, 5) is 0. The first-order valence-electron chi connectivity index (χ1n) is 7.86. The van der Waals surface area contributed by atoms with Gasteiger partial charge in [0.2, 0.25) is 0 Å². The second-order valence-corrected chi connectivity index (χ2v) is 5.95. The van der Waals surface area contributed by atoms with Crippen LogP contribution in [-0.2, 0) is 19.9 Å². The third-order valence-corrected chi connectivity index (χ3v) is 4.31. The third kappa shape index (κ3) is 4.43. The molecular weight excluding hydrogens is 258 g/mol. The van der Waals surface area contributed by atoms with E-state index in [4.69, 9.17) is 5.73 Å². The highest BCUT2D eigenvalue weighted by Gasteiger charge is 2.11. The van der Waals surface area contributed by atoms with Gasteiger partial charge in [0.05, 0.1) is 5.69 Å². The van der Waals surface area contributed by atoms with E-state index >= 15 is 0 Å². The van der Waals surface area contributed by atoms with E-state index in [1.807, 2.05) is 11.7 Å². The smallest absolute Gasteiger partial charge is 0.0628 e. The Labute approximate surface area is 128 Å². The number of rotatable bonds is 7. The van der Waals surface area contributed by atoms with Gasteiger partial charge in [-0.05, 0) is 57.1 Å². The number of hydrogen-bond donors (Lipinski definition) is 1. The lowest BCUT2D eigenvalue weighted by atomic mass is 9.99. The van der Waals surface area contributed by atoms with E-state index in [0.29, 0.717) is 0 Å². The molecule has 114 valence electrons. The average molecular weight is 285 g/mol. The minimum Gasteiger partial charge on any atom is -0.328 e. The molecule has 0 aliphatic rings. The lowest BCUT2D eigenvalue weighted by molar-refractivity contribution is 0.544. The second-order valence-electron chi connectivity index (χ2n) is 5.95. The fraction of sp³-hybridized carbons (Fsp3) is 0.500. The Bertz CT molecular complexity index is 557. The normalized spacial score (nSPS) is 12.6. The zero-order valence-electron chi connectivity index (χ0n) is 13.5. The van der Waals surface area contributed by atoms with Crippen LogP contribution in [0.5, 0.6) is 0 Å². The molecule has 3 heteroatoms. The topological polar surface area (TPSA) is 43.8 Å². The van der Waals surface area contributed by atoms with E-state index in [1.54, 1.807) is 0 Å². The molecule has 21 heavy (non-hydrogen) atoms. The lowest BCUT2D eigenvalue weighted by Gasteiger charge is -2.11. The molecule has 0 spiro atoms. The van der Waals surface area contributed by atoms with Crippen LogP contribution >= 0.6 is 0 Å². The van der Waals surface area contributed by atoms with Gasteiger partial charge in [-0.25, -0.2) is 0 Å². The molecule has 2 N–H and O–H groups in total. The van der Waals surface area contributed by atoms with Crippen molar-refractivity contribution < 1.29 is 0 Å². The number of aryl methyl sites for hydroxylation is 3. The van der Waals surface area contributed by atoms with E-state index in [2.05, 4.69) is 49.3 Å². The van der Waals surface area contributed by atoms with Crippen LogP contribution in [0.1, 0.15) is 41.8 Å². The predicted molar refractivity (Wildman–Crippen MR) is 88.4 cm³/mol. The highest BCUT2D eigenvalue weighted by molar-refractivity contribution is 5.24. The van der Waals surface area contributed by atoms with Crippen molar-refractivity contribution in [3.05, 3.63) is 52.8 Å². The van der Waals surface area contributed by atoms with Crippen LogP contribution in [0.4, 0.5) is 0 Å². The van der Waals surface area contributed by atoms with Crippen molar-refractivity contribution in [1.82, 2.24) is 9.78 Å². The second kappa shape index (κ2) is 7.41. The summed E-state index contributed by atoms with van der Waals surface area (Å²) in [5.41, 5.74) is 11.5. The number of hydrogen-bond acceptors (Lipinski definition) is 2. The maximum absolute atomic E-state index is 6.27. The average Bonchev–Trinajstić information content (AvgIpc) is 2.71.